The minimum absolute atomic E-state index is 0.242. The van der Waals surface area contributed by atoms with Gasteiger partial charge >= 0.3 is 0 Å². The lowest BCUT2D eigenvalue weighted by atomic mass is 9.79. The number of nitrogens with zero attached hydrogens (tertiary/aromatic N) is 2. The number of nitrogens with one attached hydrogen (secondary N) is 1. The molecule has 0 radical (unpaired) electrons. The van der Waals surface area contributed by atoms with Crippen LogP contribution in [0.2, 0.25) is 0 Å². The average molecular weight is 235 g/mol. The molecule has 0 aromatic heterocycles. The Hall–Kier alpha value is -0.590. The van der Waals surface area contributed by atoms with Gasteiger partial charge in [-0.05, 0) is 58.5 Å². The maximum atomic E-state index is 9.23. The predicted octanol–water partition coefficient (Wildman–Crippen LogP) is 2.14. The fourth-order valence-electron chi connectivity index (χ4n) is 3.19. The topological polar surface area (TPSA) is 39.1 Å². The van der Waals surface area contributed by atoms with E-state index in [2.05, 4.69) is 23.3 Å². The van der Waals surface area contributed by atoms with E-state index in [1.165, 1.54) is 25.8 Å². The Balaban J connectivity index is 1.79. The van der Waals surface area contributed by atoms with E-state index in [9.17, 15) is 5.26 Å². The third-order valence-electron chi connectivity index (χ3n) is 4.90. The molecule has 2 fully saturated rings. The van der Waals surface area contributed by atoms with E-state index >= 15 is 0 Å². The maximum absolute atomic E-state index is 9.23. The summed E-state index contributed by atoms with van der Waals surface area (Å²) >= 11 is 0. The minimum atomic E-state index is -0.242. The van der Waals surface area contributed by atoms with Gasteiger partial charge in [-0.25, -0.2) is 0 Å². The Labute approximate surface area is 105 Å². The molecule has 17 heavy (non-hydrogen) atoms. The smallest absolute Gasteiger partial charge is 0.106 e. The molecule has 0 unspecified atom stereocenters. The summed E-state index contributed by atoms with van der Waals surface area (Å²) in [6, 6.07) is 3.16. The van der Waals surface area contributed by atoms with Crippen LogP contribution in [-0.4, -0.2) is 37.1 Å². The molecule has 2 rings (SSSR count). The van der Waals surface area contributed by atoms with Gasteiger partial charge in [0.05, 0.1) is 6.07 Å². The molecule has 0 bridgehead atoms. The maximum Gasteiger partial charge on any atom is 0.106 e. The fraction of sp³-hybridized carbons (Fsp3) is 0.929. The van der Waals surface area contributed by atoms with Gasteiger partial charge in [-0.15, -0.1) is 0 Å². The van der Waals surface area contributed by atoms with Crippen LogP contribution < -0.4 is 5.32 Å². The van der Waals surface area contributed by atoms with Gasteiger partial charge in [0.1, 0.15) is 5.54 Å². The number of hydrogen-bond donors (Lipinski definition) is 1. The quantitative estimate of drug-likeness (QED) is 0.811. The van der Waals surface area contributed by atoms with E-state index in [0.29, 0.717) is 6.04 Å². The highest BCUT2D eigenvalue weighted by atomic mass is 15.1. The lowest BCUT2D eigenvalue weighted by Crippen LogP contribution is -2.49. The Morgan fingerprint density at radius 1 is 1.29 bits per heavy atom. The van der Waals surface area contributed by atoms with E-state index in [1.54, 1.807) is 0 Å². The zero-order valence-corrected chi connectivity index (χ0v) is 11.2. The Bertz CT molecular complexity index is 282. The van der Waals surface area contributed by atoms with Crippen LogP contribution in [0.3, 0.4) is 0 Å². The van der Waals surface area contributed by atoms with E-state index in [4.69, 9.17) is 0 Å². The lowest BCUT2D eigenvalue weighted by Gasteiger charge is -2.40. The molecular weight excluding hydrogens is 210 g/mol. The molecular formula is C14H25N3. The molecule has 0 aliphatic heterocycles. The van der Waals surface area contributed by atoms with Crippen molar-refractivity contribution in [3.8, 4) is 6.07 Å². The first-order valence-corrected chi connectivity index (χ1v) is 6.99. The van der Waals surface area contributed by atoms with E-state index < -0.39 is 0 Å². The normalized spacial score (nSPS) is 34.4. The zero-order valence-electron chi connectivity index (χ0n) is 11.2. The van der Waals surface area contributed by atoms with Gasteiger partial charge in [-0.2, -0.15) is 5.26 Å². The first-order chi connectivity index (χ1) is 8.19. The van der Waals surface area contributed by atoms with Crippen LogP contribution in [0, 0.1) is 17.2 Å². The van der Waals surface area contributed by atoms with Crippen LogP contribution in [0.25, 0.3) is 0 Å². The molecule has 1 N–H and O–H groups in total. The van der Waals surface area contributed by atoms with Gasteiger partial charge in [0.15, 0.2) is 0 Å². The first kappa shape index (κ1) is 12.9. The summed E-state index contributed by atoms with van der Waals surface area (Å²) in [5.41, 5.74) is -0.242. The summed E-state index contributed by atoms with van der Waals surface area (Å²) in [5, 5.41) is 12.4. The molecule has 0 atom stereocenters. The lowest BCUT2D eigenvalue weighted by molar-refractivity contribution is 0.117. The molecule has 3 heteroatoms. The molecule has 2 aliphatic rings. The van der Waals surface area contributed by atoms with Crippen molar-refractivity contribution in [2.75, 3.05) is 20.6 Å². The van der Waals surface area contributed by atoms with Crippen LogP contribution in [0.5, 0.6) is 0 Å². The molecule has 2 aliphatic carbocycles. The summed E-state index contributed by atoms with van der Waals surface area (Å²) in [7, 11) is 4.18. The highest BCUT2D eigenvalue weighted by Gasteiger charge is 2.35. The van der Waals surface area contributed by atoms with Crippen molar-refractivity contribution >= 4 is 0 Å². The van der Waals surface area contributed by atoms with Crippen molar-refractivity contribution in [2.45, 2.75) is 56.5 Å². The molecule has 0 heterocycles. The summed E-state index contributed by atoms with van der Waals surface area (Å²) in [4.78, 5) is 2.54. The zero-order chi connectivity index (χ0) is 12.3. The van der Waals surface area contributed by atoms with Crippen LogP contribution in [0.1, 0.15) is 44.9 Å². The molecule has 0 amide bonds. The van der Waals surface area contributed by atoms with Gasteiger partial charge in [-0.3, -0.25) is 0 Å². The molecule has 3 nitrogen and oxygen atoms in total. The summed E-state index contributed by atoms with van der Waals surface area (Å²) in [5.74, 6) is 0.951. The van der Waals surface area contributed by atoms with Crippen LogP contribution >= 0.6 is 0 Å². The second kappa shape index (κ2) is 5.37. The van der Waals surface area contributed by atoms with E-state index in [0.717, 1.165) is 31.6 Å². The second-order valence-electron chi connectivity index (χ2n) is 5.91. The highest BCUT2D eigenvalue weighted by Crippen LogP contribution is 2.32. The summed E-state index contributed by atoms with van der Waals surface area (Å²) < 4.78 is 0. The Kier molecular flexibility index (Phi) is 4.06. The molecule has 96 valence electrons. The largest absolute Gasteiger partial charge is 0.303 e. The monoisotopic (exact) mass is 235 g/mol. The highest BCUT2D eigenvalue weighted by molar-refractivity contribution is 5.09. The molecule has 0 aromatic carbocycles. The van der Waals surface area contributed by atoms with Crippen molar-refractivity contribution in [3.05, 3.63) is 0 Å². The standard InChI is InChI=1S/C14H25N3/c1-16-14(11-15)8-6-13(7-9-14)17(2)10-12-4-3-5-12/h12-13,16H,3-10H2,1-2H3. The van der Waals surface area contributed by atoms with Crippen LogP contribution in [0.15, 0.2) is 0 Å². The predicted molar refractivity (Wildman–Crippen MR) is 69.6 cm³/mol. The third kappa shape index (κ3) is 2.81. The average Bonchev–Trinajstić information content (AvgIpc) is 2.33. The van der Waals surface area contributed by atoms with Gasteiger partial charge < -0.3 is 10.2 Å². The van der Waals surface area contributed by atoms with Gasteiger partial charge in [0.25, 0.3) is 0 Å². The molecule has 2 saturated carbocycles. The van der Waals surface area contributed by atoms with Crippen LogP contribution in [0.4, 0.5) is 0 Å². The van der Waals surface area contributed by atoms with Gasteiger partial charge in [0, 0.05) is 12.6 Å². The van der Waals surface area contributed by atoms with E-state index in [1.807, 2.05) is 7.05 Å². The third-order valence-corrected chi connectivity index (χ3v) is 4.90. The summed E-state index contributed by atoms with van der Waals surface area (Å²) in [6.07, 6.45) is 8.61. The van der Waals surface area contributed by atoms with Crippen molar-refractivity contribution in [3.63, 3.8) is 0 Å². The number of nitriles is 1. The van der Waals surface area contributed by atoms with E-state index in [-0.39, 0.29) is 5.54 Å². The number of hydrogen-bond acceptors (Lipinski definition) is 3. The molecule has 0 aromatic rings. The SMILES string of the molecule is CNC1(C#N)CCC(N(C)CC2CCC2)CC1. The van der Waals surface area contributed by atoms with Crippen molar-refractivity contribution in [1.29, 1.82) is 5.26 Å². The van der Waals surface area contributed by atoms with Crippen molar-refractivity contribution in [1.82, 2.24) is 10.2 Å². The van der Waals surface area contributed by atoms with Crippen molar-refractivity contribution in [2.24, 2.45) is 5.92 Å². The first-order valence-electron chi connectivity index (χ1n) is 6.99. The fourth-order valence-corrected chi connectivity index (χ4v) is 3.19. The van der Waals surface area contributed by atoms with Crippen LogP contribution in [-0.2, 0) is 0 Å². The van der Waals surface area contributed by atoms with Gasteiger partial charge in [0.2, 0.25) is 0 Å². The second-order valence-corrected chi connectivity index (χ2v) is 5.91. The number of rotatable bonds is 4. The van der Waals surface area contributed by atoms with Gasteiger partial charge in [-0.1, -0.05) is 6.42 Å². The summed E-state index contributed by atoms with van der Waals surface area (Å²) in [6.45, 7) is 1.27. The molecule has 0 saturated heterocycles. The Morgan fingerprint density at radius 2 is 1.94 bits per heavy atom. The minimum Gasteiger partial charge on any atom is -0.303 e. The Morgan fingerprint density at radius 3 is 2.35 bits per heavy atom. The van der Waals surface area contributed by atoms with Crippen molar-refractivity contribution < 1.29 is 0 Å². The molecule has 0 spiro atoms.